The summed E-state index contributed by atoms with van der Waals surface area (Å²) in [7, 11) is 0. The Morgan fingerprint density at radius 2 is 1.83 bits per heavy atom. The Balaban J connectivity index is 1.99. The molecule has 2 rings (SSSR count). The molecule has 128 valence electrons. The molecule has 1 saturated carbocycles. The van der Waals surface area contributed by atoms with Crippen molar-refractivity contribution in [1.82, 2.24) is 15.1 Å². The van der Waals surface area contributed by atoms with Gasteiger partial charge in [0.05, 0.1) is 0 Å². The Bertz CT molecular complexity index is 531. The van der Waals surface area contributed by atoms with Crippen molar-refractivity contribution < 1.29 is 19.2 Å². The van der Waals surface area contributed by atoms with Gasteiger partial charge in [0.25, 0.3) is 0 Å². The Kier molecular flexibility index (Phi) is 5.06. The predicted molar refractivity (Wildman–Crippen MR) is 83.2 cm³/mol. The third-order valence-corrected chi connectivity index (χ3v) is 4.96. The Hall–Kier alpha value is -1.92. The van der Waals surface area contributed by atoms with E-state index in [1.807, 2.05) is 0 Å². The van der Waals surface area contributed by atoms with E-state index < -0.39 is 36.3 Å². The second-order valence-corrected chi connectivity index (χ2v) is 6.88. The minimum Gasteiger partial charge on any atom is -0.352 e. The van der Waals surface area contributed by atoms with E-state index in [4.69, 9.17) is 0 Å². The highest BCUT2D eigenvalue weighted by Crippen LogP contribution is 2.29. The molecule has 7 heteroatoms. The fourth-order valence-electron chi connectivity index (χ4n) is 3.30. The van der Waals surface area contributed by atoms with Crippen LogP contribution in [0.25, 0.3) is 0 Å². The topological polar surface area (TPSA) is 86.8 Å². The fourth-order valence-corrected chi connectivity index (χ4v) is 3.30. The van der Waals surface area contributed by atoms with Gasteiger partial charge >= 0.3 is 17.8 Å². The zero-order valence-electron chi connectivity index (χ0n) is 14.2. The molecule has 1 heterocycles. The van der Waals surface area contributed by atoms with Crippen molar-refractivity contribution in [3.05, 3.63) is 0 Å². The number of rotatable bonds is 4. The number of urea groups is 1. The summed E-state index contributed by atoms with van der Waals surface area (Å²) in [6.07, 6.45) is 3.10. The summed E-state index contributed by atoms with van der Waals surface area (Å²) in [6.45, 7) is 7.17. The van der Waals surface area contributed by atoms with Crippen LogP contribution in [0.3, 0.4) is 0 Å². The first-order chi connectivity index (χ1) is 10.7. The van der Waals surface area contributed by atoms with Gasteiger partial charge in [-0.2, -0.15) is 0 Å². The summed E-state index contributed by atoms with van der Waals surface area (Å²) in [5.74, 6) is -1.30. The van der Waals surface area contributed by atoms with Crippen molar-refractivity contribution in [2.24, 2.45) is 11.8 Å². The molecule has 0 bridgehead atoms. The highest BCUT2D eigenvalue weighted by molar-refractivity contribution is 6.45. The summed E-state index contributed by atoms with van der Waals surface area (Å²) < 4.78 is 0. The van der Waals surface area contributed by atoms with Gasteiger partial charge in [-0.05, 0) is 32.1 Å². The SMILES string of the molecule is CC(C)N1C(=O)C(=O)N(CC(=O)N[C@@H]2CCC[C@@H](C)[C@@H]2C)C1=O. The molecule has 7 nitrogen and oxygen atoms in total. The van der Waals surface area contributed by atoms with Crippen LogP contribution in [0.5, 0.6) is 0 Å². The van der Waals surface area contributed by atoms with Crippen LogP contribution < -0.4 is 5.32 Å². The molecule has 1 aliphatic carbocycles. The Labute approximate surface area is 136 Å². The number of nitrogens with zero attached hydrogens (tertiary/aromatic N) is 2. The van der Waals surface area contributed by atoms with Crippen molar-refractivity contribution in [1.29, 1.82) is 0 Å². The number of nitrogens with one attached hydrogen (secondary N) is 1. The average molecular weight is 323 g/mol. The minimum atomic E-state index is -0.927. The quantitative estimate of drug-likeness (QED) is 0.620. The molecule has 2 fully saturated rings. The van der Waals surface area contributed by atoms with Crippen LogP contribution in [-0.4, -0.2) is 52.2 Å². The van der Waals surface area contributed by atoms with E-state index in [0.29, 0.717) is 11.8 Å². The van der Waals surface area contributed by atoms with Crippen LogP contribution in [0, 0.1) is 11.8 Å². The lowest BCUT2D eigenvalue weighted by molar-refractivity contribution is -0.144. The van der Waals surface area contributed by atoms with Gasteiger partial charge in [0, 0.05) is 12.1 Å². The van der Waals surface area contributed by atoms with Gasteiger partial charge in [-0.3, -0.25) is 19.3 Å². The molecule has 1 aliphatic heterocycles. The first-order valence-corrected chi connectivity index (χ1v) is 8.22. The lowest BCUT2D eigenvalue weighted by atomic mass is 9.78. The zero-order valence-corrected chi connectivity index (χ0v) is 14.2. The number of imide groups is 2. The normalized spacial score (nSPS) is 28.7. The number of carbonyl (C=O) groups excluding carboxylic acids is 4. The number of carbonyl (C=O) groups is 4. The molecule has 0 aromatic carbocycles. The molecule has 3 atom stereocenters. The number of hydrogen-bond acceptors (Lipinski definition) is 4. The highest BCUT2D eigenvalue weighted by Gasteiger charge is 2.46. The third kappa shape index (κ3) is 3.38. The summed E-state index contributed by atoms with van der Waals surface area (Å²) >= 11 is 0. The largest absolute Gasteiger partial charge is 0.352 e. The van der Waals surface area contributed by atoms with Crippen LogP contribution >= 0.6 is 0 Å². The van der Waals surface area contributed by atoms with E-state index in [9.17, 15) is 19.2 Å². The first-order valence-electron chi connectivity index (χ1n) is 8.22. The van der Waals surface area contributed by atoms with E-state index >= 15 is 0 Å². The van der Waals surface area contributed by atoms with Crippen LogP contribution in [0.1, 0.15) is 47.0 Å². The summed E-state index contributed by atoms with van der Waals surface area (Å²) in [5.41, 5.74) is 0. The Morgan fingerprint density at radius 3 is 2.39 bits per heavy atom. The van der Waals surface area contributed by atoms with Crippen LogP contribution in [0.4, 0.5) is 4.79 Å². The van der Waals surface area contributed by atoms with E-state index in [0.717, 1.165) is 29.1 Å². The molecule has 23 heavy (non-hydrogen) atoms. The van der Waals surface area contributed by atoms with Gasteiger partial charge < -0.3 is 5.32 Å². The van der Waals surface area contributed by atoms with Gasteiger partial charge in [0.2, 0.25) is 5.91 Å². The van der Waals surface area contributed by atoms with Crippen molar-refractivity contribution in [2.75, 3.05) is 6.54 Å². The zero-order chi connectivity index (χ0) is 17.3. The summed E-state index contributed by atoms with van der Waals surface area (Å²) in [4.78, 5) is 49.7. The molecular weight excluding hydrogens is 298 g/mol. The van der Waals surface area contributed by atoms with Gasteiger partial charge in [-0.25, -0.2) is 9.69 Å². The Morgan fingerprint density at radius 1 is 1.17 bits per heavy atom. The van der Waals surface area contributed by atoms with Gasteiger partial charge in [0.1, 0.15) is 6.54 Å². The minimum absolute atomic E-state index is 0.0518. The van der Waals surface area contributed by atoms with Crippen molar-refractivity contribution in [2.45, 2.75) is 59.0 Å². The third-order valence-electron chi connectivity index (χ3n) is 4.96. The number of amides is 5. The molecule has 0 aromatic heterocycles. The van der Waals surface area contributed by atoms with Crippen molar-refractivity contribution >= 4 is 23.8 Å². The smallest absolute Gasteiger partial charge is 0.334 e. The molecule has 1 N–H and O–H groups in total. The highest BCUT2D eigenvalue weighted by atomic mass is 16.2. The maximum absolute atomic E-state index is 12.2. The summed E-state index contributed by atoms with van der Waals surface area (Å²) in [6, 6.07) is -1.07. The lowest BCUT2D eigenvalue weighted by Gasteiger charge is -2.34. The van der Waals surface area contributed by atoms with Crippen molar-refractivity contribution in [3.8, 4) is 0 Å². The number of hydrogen-bond donors (Lipinski definition) is 1. The van der Waals surface area contributed by atoms with E-state index in [1.54, 1.807) is 13.8 Å². The molecule has 0 aromatic rings. The van der Waals surface area contributed by atoms with Gasteiger partial charge in [-0.15, -0.1) is 0 Å². The second kappa shape index (κ2) is 6.68. The molecule has 0 radical (unpaired) electrons. The lowest BCUT2D eigenvalue weighted by Crippen LogP contribution is -2.48. The summed E-state index contributed by atoms with van der Waals surface area (Å²) in [5, 5.41) is 2.91. The van der Waals surface area contributed by atoms with E-state index in [-0.39, 0.29) is 6.04 Å². The monoisotopic (exact) mass is 323 g/mol. The first kappa shape index (κ1) is 17.4. The van der Waals surface area contributed by atoms with Crippen LogP contribution in [-0.2, 0) is 14.4 Å². The molecule has 2 aliphatic rings. The molecule has 0 spiro atoms. The molecule has 5 amide bonds. The molecule has 1 saturated heterocycles. The maximum atomic E-state index is 12.2. The van der Waals surface area contributed by atoms with Crippen LogP contribution in [0.2, 0.25) is 0 Å². The molecular formula is C16H25N3O4. The van der Waals surface area contributed by atoms with E-state index in [2.05, 4.69) is 19.2 Å². The van der Waals surface area contributed by atoms with E-state index in [1.165, 1.54) is 0 Å². The maximum Gasteiger partial charge on any atom is 0.334 e. The second-order valence-electron chi connectivity index (χ2n) is 6.88. The predicted octanol–water partition coefficient (Wildman–Crippen LogP) is 1.13. The molecule has 0 unspecified atom stereocenters. The van der Waals surface area contributed by atoms with Crippen LogP contribution in [0.15, 0.2) is 0 Å². The standard InChI is InChI=1S/C16H25N3O4/c1-9(2)19-15(22)14(21)18(16(19)23)8-13(20)17-12-7-5-6-10(3)11(12)4/h9-12H,5-8H2,1-4H3,(H,17,20)/t10-,11+,12-/m1/s1. The fraction of sp³-hybridized carbons (Fsp3) is 0.750. The van der Waals surface area contributed by atoms with Gasteiger partial charge in [0.15, 0.2) is 0 Å². The average Bonchev–Trinajstić information content (AvgIpc) is 2.67. The van der Waals surface area contributed by atoms with Crippen molar-refractivity contribution in [3.63, 3.8) is 0 Å². The van der Waals surface area contributed by atoms with Gasteiger partial charge in [-0.1, -0.05) is 26.7 Å².